The Hall–Kier alpha value is -2.80. The molecule has 7 heteroatoms. The van der Waals surface area contributed by atoms with Crippen LogP contribution in [0.4, 0.5) is 4.39 Å². The number of aromatic nitrogens is 1. The molecule has 2 amide bonds. The molecular weight excluding hydrogens is 445 g/mol. The number of fused-ring (bicyclic) bond motifs is 1. The molecule has 1 unspecified atom stereocenters. The van der Waals surface area contributed by atoms with Crippen LogP contribution in [0.2, 0.25) is 0 Å². The number of aliphatic hydroxyl groups is 1. The molecule has 4 rings (SSSR count). The van der Waals surface area contributed by atoms with Crippen molar-refractivity contribution >= 4 is 11.8 Å². The van der Waals surface area contributed by atoms with Crippen molar-refractivity contribution in [2.24, 2.45) is 29.1 Å². The number of amides is 2. The van der Waals surface area contributed by atoms with Gasteiger partial charge in [-0.3, -0.25) is 14.6 Å². The lowest BCUT2D eigenvalue weighted by molar-refractivity contribution is -0.142. The molecule has 1 aromatic carbocycles. The molecule has 2 saturated carbocycles. The fourth-order valence-electron chi connectivity index (χ4n) is 6.38. The second-order valence-corrected chi connectivity index (χ2v) is 10.7. The number of hydrogen-bond acceptors (Lipinski definition) is 4. The van der Waals surface area contributed by atoms with Crippen molar-refractivity contribution in [3.8, 4) is 0 Å². The van der Waals surface area contributed by atoms with Crippen molar-refractivity contribution in [2.45, 2.75) is 65.1 Å². The highest BCUT2D eigenvalue weighted by atomic mass is 19.1. The number of nitrogens with one attached hydrogen (secondary N) is 2. The first-order chi connectivity index (χ1) is 16.7. The van der Waals surface area contributed by atoms with E-state index in [0.717, 1.165) is 31.2 Å². The summed E-state index contributed by atoms with van der Waals surface area (Å²) in [6, 6.07) is 11.3. The molecule has 0 aliphatic heterocycles. The fourth-order valence-corrected chi connectivity index (χ4v) is 6.38. The standard InChI is InChI=1S/C28H36FN3O3/c1-17(26(34)31-16-19-7-9-20(29)10-8-19)21-11-13-28(3)14-12-22(18(2)24(28)25(21)33)32-27(35)23-6-4-5-15-30-23/h4-10,15,17-18,21-22,24-25,33H,11-14,16H2,1-3H3,(H,31,34)(H,32,35)/t17-,18+,21?,22-,24+,25-,28-/m0/s1. The third kappa shape index (κ3) is 5.40. The van der Waals surface area contributed by atoms with E-state index >= 15 is 0 Å². The van der Waals surface area contributed by atoms with Crippen LogP contribution >= 0.6 is 0 Å². The van der Waals surface area contributed by atoms with E-state index in [4.69, 9.17) is 0 Å². The molecule has 2 aromatic rings. The second-order valence-electron chi connectivity index (χ2n) is 10.7. The highest BCUT2D eigenvalue weighted by molar-refractivity contribution is 5.92. The Kier molecular flexibility index (Phi) is 7.55. The SMILES string of the molecule is C[C@H]1[C@@H]2[C@@H](O)C([C@H](C)C(=O)NCc3ccc(F)cc3)CC[C@@]2(C)CC[C@@H]1NC(=O)c1ccccn1. The van der Waals surface area contributed by atoms with Gasteiger partial charge < -0.3 is 15.7 Å². The molecule has 2 aliphatic carbocycles. The summed E-state index contributed by atoms with van der Waals surface area (Å²) in [5.74, 6) is -1.07. The van der Waals surface area contributed by atoms with E-state index in [1.54, 1.807) is 36.5 Å². The zero-order valence-corrected chi connectivity index (χ0v) is 20.7. The number of hydrogen-bond donors (Lipinski definition) is 3. The van der Waals surface area contributed by atoms with Crippen molar-refractivity contribution in [3.05, 3.63) is 65.7 Å². The van der Waals surface area contributed by atoms with Crippen molar-refractivity contribution < 1.29 is 19.1 Å². The lowest BCUT2D eigenvalue weighted by atomic mass is 9.51. The fraction of sp³-hybridized carbons (Fsp3) is 0.536. The number of benzene rings is 1. The minimum absolute atomic E-state index is 0.0172. The van der Waals surface area contributed by atoms with Crippen molar-refractivity contribution in [2.75, 3.05) is 0 Å². The van der Waals surface area contributed by atoms with E-state index in [1.807, 2.05) is 6.92 Å². The minimum Gasteiger partial charge on any atom is -0.392 e. The minimum atomic E-state index is -0.634. The lowest BCUT2D eigenvalue weighted by Crippen LogP contribution is -2.58. The van der Waals surface area contributed by atoms with Crippen molar-refractivity contribution in [3.63, 3.8) is 0 Å². The summed E-state index contributed by atoms with van der Waals surface area (Å²) in [7, 11) is 0. The normalized spacial score (nSPS) is 31.2. The molecule has 7 atom stereocenters. The number of carbonyl (C=O) groups is 2. The molecule has 35 heavy (non-hydrogen) atoms. The van der Waals surface area contributed by atoms with E-state index in [-0.39, 0.29) is 52.8 Å². The van der Waals surface area contributed by atoms with Gasteiger partial charge in [-0.05, 0) is 78.7 Å². The molecule has 188 valence electrons. The Morgan fingerprint density at radius 2 is 1.89 bits per heavy atom. The number of carbonyl (C=O) groups excluding carboxylic acids is 2. The van der Waals surface area contributed by atoms with E-state index < -0.39 is 6.10 Å². The van der Waals surface area contributed by atoms with E-state index in [1.165, 1.54) is 12.1 Å². The van der Waals surface area contributed by atoms with Crippen LogP contribution in [0.15, 0.2) is 48.7 Å². The molecule has 3 N–H and O–H groups in total. The van der Waals surface area contributed by atoms with Crippen LogP contribution in [0.5, 0.6) is 0 Å². The first-order valence-corrected chi connectivity index (χ1v) is 12.6. The monoisotopic (exact) mass is 481 g/mol. The summed E-state index contributed by atoms with van der Waals surface area (Å²) in [4.78, 5) is 29.8. The molecule has 1 heterocycles. The topological polar surface area (TPSA) is 91.3 Å². The van der Waals surface area contributed by atoms with Crippen molar-refractivity contribution in [1.29, 1.82) is 0 Å². The predicted molar refractivity (Wildman–Crippen MR) is 132 cm³/mol. The summed E-state index contributed by atoms with van der Waals surface area (Å²) < 4.78 is 13.1. The van der Waals surface area contributed by atoms with Gasteiger partial charge in [0.25, 0.3) is 5.91 Å². The van der Waals surface area contributed by atoms with Crippen LogP contribution < -0.4 is 10.6 Å². The Labute approximate surface area is 206 Å². The van der Waals surface area contributed by atoms with E-state index in [9.17, 15) is 19.1 Å². The maximum Gasteiger partial charge on any atom is 0.270 e. The number of rotatable bonds is 6. The summed E-state index contributed by atoms with van der Waals surface area (Å²) in [6.07, 6.45) is 4.48. The second kappa shape index (κ2) is 10.4. The third-order valence-electron chi connectivity index (χ3n) is 8.54. The van der Waals surface area contributed by atoms with Gasteiger partial charge in [-0.2, -0.15) is 0 Å². The molecule has 2 aliphatic rings. The number of nitrogens with zero attached hydrogens (tertiary/aromatic N) is 1. The maximum absolute atomic E-state index is 13.1. The summed E-state index contributed by atoms with van der Waals surface area (Å²) >= 11 is 0. The zero-order chi connectivity index (χ0) is 25.2. The summed E-state index contributed by atoms with van der Waals surface area (Å²) in [5.41, 5.74) is 1.20. The molecule has 1 aromatic heterocycles. The quantitative estimate of drug-likeness (QED) is 0.580. The van der Waals surface area contributed by atoms with Gasteiger partial charge in [0, 0.05) is 24.7 Å². The largest absolute Gasteiger partial charge is 0.392 e. The molecule has 0 bridgehead atoms. The predicted octanol–water partition coefficient (Wildman–Crippen LogP) is 4.09. The van der Waals surface area contributed by atoms with Gasteiger partial charge in [-0.15, -0.1) is 0 Å². The number of aliphatic hydroxyl groups excluding tert-OH is 1. The first-order valence-electron chi connectivity index (χ1n) is 12.6. The highest BCUT2D eigenvalue weighted by Gasteiger charge is 2.53. The van der Waals surface area contributed by atoms with Gasteiger partial charge in [-0.1, -0.05) is 39.0 Å². The molecular formula is C28H36FN3O3. The van der Waals surface area contributed by atoms with Crippen LogP contribution in [-0.4, -0.2) is 34.1 Å². The molecule has 2 fully saturated rings. The van der Waals surface area contributed by atoms with Gasteiger partial charge in [-0.25, -0.2) is 4.39 Å². The lowest BCUT2D eigenvalue weighted by Gasteiger charge is -2.56. The Bertz CT molecular complexity index is 1030. The van der Waals surface area contributed by atoms with Crippen LogP contribution in [-0.2, 0) is 11.3 Å². The Balaban J connectivity index is 1.41. The average molecular weight is 482 g/mol. The van der Waals surface area contributed by atoms with Gasteiger partial charge in [0.15, 0.2) is 0 Å². The summed E-state index contributed by atoms with van der Waals surface area (Å²) in [5, 5.41) is 17.6. The average Bonchev–Trinajstić information content (AvgIpc) is 2.85. The van der Waals surface area contributed by atoms with Gasteiger partial charge >= 0.3 is 0 Å². The smallest absolute Gasteiger partial charge is 0.270 e. The Morgan fingerprint density at radius 3 is 2.57 bits per heavy atom. The first kappa shape index (κ1) is 25.3. The highest BCUT2D eigenvalue weighted by Crippen LogP contribution is 2.55. The van der Waals surface area contributed by atoms with E-state index in [2.05, 4.69) is 29.5 Å². The molecule has 0 spiro atoms. The van der Waals surface area contributed by atoms with Crippen LogP contribution in [0.25, 0.3) is 0 Å². The summed E-state index contributed by atoms with van der Waals surface area (Å²) in [6.45, 7) is 6.55. The number of pyridine rings is 1. The Morgan fingerprint density at radius 1 is 1.17 bits per heavy atom. The van der Waals surface area contributed by atoms with Gasteiger partial charge in [0.1, 0.15) is 11.5 Å². The maximum atomic E-state index is 13.1. The van der Waals surface area contributed by atoms with Gasteiger partial charge in [0.05, 0.1) is 6.10 Å². The van der Waals surface area contributed by atoms with Crippen LogP contribution in [0, 0.1) is 34.9 Å². The van der Waals surface area contributed by atoms with Gasteiger partial charge in [0.2, 0.25) is 5.91 Å². The van der Waals surface area contributed by atoms with Crippen LogP contribution in [0.3, 0.4) is 0 Å². The number of halogens is 1. The molecule has 6 nitrogen and oxygen atoms in total. The van der Waals surface area contributed by atoms with Crippen molar-refractivity contribution in [1.82, 2.24) is 15.6 Å². The third-order valence-corrected chi connectivity index (χ3v) is 8.54. The van der Waals surface area contributed by atoms with E-state index in [0.29, 0.717) is 12.2 Å². The zero-order valence-electron chi connectivity index (χ0n) is 20.7. The molecule has 0 radical (unpaired) electrons. The molecule has 0 saturated heterocycles. The van der Waals surface area contributed by atoms with Crippen LogP contribution in [0.1, 0.15) is 62.5 Å².